The number of hydrogen-bond acceptors (Lipinski definition) is 3. The largest absolute Gasteiger partial charge is 0.491 e. The summed E-state index contributed by atoms with van der Waals surface area (Å²) in [6, 6.07) is 9.51. The lowest BCUT2D eigenvalue weighted by molar-refractivity contribution is -0.131. The molecule has 4 rings (SSSR count). The molecule has 128 valence electrons. The number of pyridine rings is 1. The molecule has 0 aliphatic carbocycles. The van der Waals surface area contributed by atoms with Gasteiger partial charge in [-0.2, -0.15) is 0 Å². The van der Waals surface area contributed by atoms with E-state index in [1.54, 1.807) is 12.3 Å². The highest BCUT2D eigenvalue weighted by molar-refractivity contribution is 6.30. The lowest BCUT2D eigenvalue weighted by Crippen LogP contribution is -2.33. The van der Waals surface area contributed by atoms with Crippen molar-refractivity contribution in [3.05, 3.63) is 64.6 Å². The van der Waals surface area contributed by atoms with Crippen molar-refractivity contribution in [2.45, 2.75) is 19.9 Å². The molecule has 0 N–H and O–H groups in total. The fraction of sp³-hybridized carbons (Fsp3) is 0.263. The number of imidazole rings is 1. The number of hydrogen-bond donors (Lipinski definition) is 0. The van der Waals surface area contributed by atoms with Crippen LogP contribution in [0, 0.1) is 6.92 Å². The van der Waals surface area contributed by atoms with Crippen molar-refractivity contribution in [1.29, 1.82) is 0 Å². The summed E-state index contributed by atoms with van der Waals surface area (Å²) in [6.07, 6.45) is 4.03. The van der Waals surface area contributed by atoms with Gasteiger partial charge in [-0.3, -0.25) is 4.79 Å². The Hall–Kier alpha value is -2.53. The first kappa shape index (κ1) is 16.0. The summed E-state index contributed by atoms with van der Waals surface area (Å²) in [5.74, 6) is 0.852. The molecular formula is C19H18ClN3O2. The zero-order valence-electron chi connectivity index (χ0n) is 13.9. The second-order valence-corrected chi connectivity index (χ2v) is 6.66. The number of carbonyl (C=O) groups excluding carboxylic acids is 1. The first-order chi connectivity index (χ1) is 12.1. The van der Waals surface area contributed by atoms with Crippen LogP contribution < -0.4 is 4.74 Å². The topological polar surface area (TPSA) is 46.8 Å². The molecule has 0 bridgehead atoms. The van der Waals surface area contributed by atoms with Crippen LogP contribution in [0.3, 0.4) is 0 Å². The monoisotopic (exact) mass is 355 g/mol. The van der Waals surface area contributed by atoms with Crippen LogP contribution in [0.2, 0.25) is 5.02 Å². The Morgan fingerprint density at radius 1 is 1.36 bits per heavy atom. The van der Waals surface area contributed by atoms with Crippen molar-refractivity contribution in [2.75, 3.05) is 13.2 Å². The van der Waals surface area contributed by atoms with Crippen LogP contribution >= 0.6 is 11.6 Å². The average molecular weight is 356 g/mol. The number of benzene rings is 1. The van der Waals surface area contributed by atoms with Crippen LogP contribution in [0.25, 0.3) is 5.65 Å². The normalized spacial score (nSPS) is 14.1. The lowest BCUT2D eigenvalue weighted by Gasteiger charge is -2.19. The van der Waals surface area contributed by atoms with E-state index in [0.717, 1.165) is 28.2 Å². The minimum Gasteiger partial charge on any atom is -0.491 e. The predicted octanol–water partition coefficient (Wildman–Crippen LogP) is 3.26. The zero-order valence-corrected chi connectivity index (χ0v) is 14.7. The molecule has 25 heavy (non-hydrogen) atoms. The van der Waals surface area contributed by atoms with E-state index in [2.05, 4.69) is 4.98 Å². The molecular weight excluding hydrogens is 338 g/mol. The van der Waals surface area contributed by atoms with Gasteiger partial charge in [0.25, 0.3) is 0 Å². The minimum atomic E-state index is 0.0553. The van der Waals surface area contributed by atoms with E-state index in [4.69, 9.17) is 16.3 Å². The fourth-order valence-corrected chi connectivity index (χ4v) is 3.37. The van der Waals surface area contributed by atoms with Gasteiger partial charge in [0.2, 0.25) is 5.91 Å². The van der Waals surface area contributed by atoms with Crippen LogP contribution in [0.1, 0.15) is 16.8 Å². The minimum absolute atomic E-state index is 0.0553. The molecule has 1 aliphatic rings. The highest BCUT2D eigenvalue weighted by Crippen LogP contribution is 2.26. The van der Waals surface area contributed by atoms with E-state index in [-0.39, 0.29) is 5.91 Å². The molecule has 6 heteroatoms. The molecule has 1 aliphatic heterocycles. The third-order valence-electron chi connectivity index (χ3n) is 4.50. The van der Waals surface area contributed by atoms with Gasteiger partial charge in [-0.25, -0.2) is 4.98 Å². The maximum absolute atomic E-state index is 12.8. The molecule has 0 spiro atoms. The van der Waals surface area contributed by atoms with Gasteiger partial charge < -0.3 is 14.0 Å². The second-order valence-electron chi connectivity index (χ2n) is 6.23. The van der Waals surface area contributed by atoms with Crippen LogP contribution in [0.4, 0.5) is 0 Å². The van der Waals surface area contributed by atoms with Crippen molar-refractivity contribution >= 4 is 23.2 Å². The van der Waals surface area contributed by atoms with E-state index < -0.39 is 0 Å². The Bertz CT molecular complexity index is 951. The van der Waals surface area contributed by atoms with Crippen LogP contribution in [0.5, 0.6) is 5.75 Å². The Kier molecular flexibility index (Phi) is 4.09. The standard InChI is InChI=1S/C19H18ClN3O2/c1-13-3-2-6-23-16(11-21-19(13)23)10-18(24)22-7-8-25-17-5-4-15(20)9-14(17)12-22/h2-6,9,11H,7-8,10,12H2,1H3. The van der Waals surface area contributed by atoms with E-state index in [1.165, 1.54) is 0 Å². The average Bonchev–Trinajstić information content (AvgIpc) is 2.87. The van der Waals surface area contributed by atoms with Gasteiger partial charge in [0.15, 0.2) is 0 Å². The van der Waals surface area contributed by atoms with Crippen molar-refractivity contribution in [2.24, 2.45) is 0 Å². The van der Waals surface area contributed by atoms with Crippen LogP contribution in [0.15, 0.2) is 42.7 Å². The maximum atomic E-state index is 12.8. The molecule has 0 saturated carbocycles. The molecule has 2 aromatic heterocycles. The zero-order chi connectivity index (χ0) is 17.4. The third-order valence-corrected chi connectivity index (χ3v) is 4.73. The maximum Gasteiger partial charge on any atom is 0.229 e. The van der Waals surface area contributed by atoms with Gasteiger partial charge in [0.05, 0.1) is 18.7 Å². The molecule has 0 fully saturated rings. The molecule has 3 aromatic rings. The number of fused-ring (bicyclic) bond motifs is 2. The summed E-state index contributed by atoms with van der Waals surface area (Å²) >= 11 is 6.08. The summed E-state index contributed by atoms with van der Waals surface area (Å²) in [5, 5.41) is 0.647. The number of halogens is 1. The Morgan fingerprint density at radius 3 is 3.12 bits per heavy atom. The van der Waals surface area contributed by atoms with E-state index in [0.29, 0.717) is 31.1 Å². The molecule has 1 amide bonds. The van der Waals surface area contributed by atoms with Gasteiger partial charge in [-0.15, -0.1) is 0 Å². The number of carbonyl (C=O) groups is 1. The number of rotatable bonds is 2. The molecule has 5 nitrogen and oxygen atoms in total. The summed E-state index contributed by atoms with van der Waals surface area (Å²) in [5.41, 5.74) is 3.81. The number of aromatic nitrogens is 2. The first-order valence-electron chi connectivity index (χ1n) is 8.22. The smallest absolute Gasteiger partial charge is 0.229 e. The highest BCUT2D eigenvalue weighted by Gasteiger charge is 2.21. The van der Waals surface area contributed by atoms with Crippen molar-refractivity contribution in [3.8, 4) is 5.75 Å². The van der Waals surface area contributed by atoms with Gasteiger partial charge in [-0.1, -0.05) is 17.7 Å². The quantitative estimate of drug-likeness (QED) is 0.709. The summed E-state index contributed by atoms with van der Waals surface area (Å²) in [7, 11) is 0. The van der Waals surface area contributed by atoms with E-state index >= 15 is 0 Å². The summed E-state index contributed by atoms with van der Waals surface area (Å²) in [6.45, 7) is 3.55. The van der Waals surface area contributed by atoms with E-state index in [9.17, 15) is 4.79 Å². The number of aryl methyl sites for hydroxylation is 1. The molecule has 0 unspecified atom stereocenters. The Labute approximate surface area is 150 Å². The van der Waals surface area contributed by atoms with Crippen LogP contribution in [-0.2, 0) is 17.8 Å². The number of amides is 1. The second kappa shape index (κ2) is 6.41. The molecule has 0 saturated heterocycles. The van der Waals surface area contributed by atoms with Crippen molar-refractivity contribution < 1.29 is 9.53 Å². The molecule has 0 radical (unpaired) electrons. The molecule has 0 atom stereocenters. The van der Waals surface area contributed by atoms with Crippen molar-refractivity contribution in [3.63, 3.8) is 0 Å². The van der Waals surface area contributed by atoms with Gasteiger partial charge in [0.1, 0.15) is 18.0 Å². The first-order valence-corrected chi connectivity index (χ1v) is 8.60. The van der Waals surface area contributed by atoms with Gasteiger partial charge >= 0.3 is 0 Å². The Balaban J connectivity index is 1.57. The molecule has 1 aromatic carbocycles. The fourth-order valence-electron chi connectivity index (χ4n) is 3.18. The summed E-state index contributed by atoms with van der Waals surface area (Å²) in [4.78, 5) is 19.1. The van der Waals surface area contributed by atoms with Crippen molar-refractivity contribution in [1.82, 2.24) is 14.3 Å². The lowest BCUT2D eigenvalue weighted by atomic mass is 10.2. The third kappa shape index (κ3) is 3.07. The number of nitrogens with zero attached hydrogens (tertiary/aromatic N) is 3. The highest BCUT2D eigenvalue weighted by atomic mass is 35.5. The molecule has 3 heterocycles. The Morgan fingerprint density at radius 2 is 2.24 bits per heavy atom. The van der Waals surface area contributed by atoms with E-state index in [1.807, 2.05) is 46.7 Å². The SMILES string of the molecule is Cc1cccn2c(CC(=O)N3CCOc4ccc(Cl)cc4C3)cnc12. The predicted molar refractivity (Wildman–Crippen MR) is 96.0 cm³/mol. The number of ether oxygens (including phenoxy) is 1. The van der Waals surface area contributed by atoms with Gasteiger partial charge in [-0.05, 0) is 36.8 Å². The van der Waals surface area contributed by atoms with Crippen LogP contribution in [-0.4, -0.2) is 33.3 Å². The van der Waals surface area contributed by atoms with Gasteiger partial charge in [0, 0.05) is 29.5 Å². The summed E-state index contributed by atoms with van der Waals surface area (Å²) < 4.78 is 7.71.